The van der Waals surface area contributed by atoms with Gasteiger partial charge >= 0.3 is 0 Å². The smallest absolute Gasteiger partial charge is 0.209 e. The van der Waals surface area contributed by atoms with Gasteiger partial charge in [0.05, 0.1) is 30.0 Å². The minimum Gasteiger partial charge on any atom is -0.472 e. The number of hydrogen-bond acceptors (Lipinski definition) is 4. The lowest BCUT2D eigenvalue weighted by molar-refractivity contribution is 0.471. The molecule has 2 atom stereocenters. The number of hydrogen-bond donors (Lipinski definition) is 1. The van der Waals surface area contributed by atoms with Crippen molar-refractivity contribution in [2.24, 2.45) is 11.1 Å². The van der Waals surface area contributed by atoms with E-state index in [1.165, 1.54) is 0 Å². The van der Waals surface area contributed by atoms with Gasteiger partial charge in [-0.25, -0.2) is 13.6 Å². The standard InChI is InChI=1S/C19H17NO4S/c20-25(21,22)13-15-5-3-4-9-19(15,14-8-10-23-11-14)17-12-24-18-7-2-1-6-16(17)18/h1-12,15H,13H2,(H2,20,21,22)/t15-,19?/m0/s1. The first-order valence-corrected chi connectivity index (χ1v) is 9.58. The molecule has 25 heavy (non-hydrogen) atoms. The van der Waals surface area contributed by atoms with Crippen molar-refractivity contribution in [1.29, 1.82) is 0 Å². The first-order chi connectivity index (χ1) is 12.0. The Labute approximate surface area is 145 Å². The largest absolute Gasteiger partial charge is 0.472 e. The lowest BCUT2D eigenvalue weighted by atomic mass is 9.65. The summed E-state index contributed by atoms with van der Waals surface area (Å²) >= 11 is 0. The van der Waals surface area contributed by atoms with Gasteiger partial charge in [0.2, 0.25) is 10.0 Å². The Kier molecular flexibility index (Phi) is 3.67. The monoisotopic (exact) mass is 355 g/mol. The normalized spacial score (nSPS) is 23.3. The van der Waals surface area contributed by atoms with Crippen molar-refractivity contribution in [3.8, 4) is 0 Å². The minimum absolute atomic E-state index is 0.182. The van der Waals surface area contributed by atoms with E-state index in [9.17, 15) is 8.42 Å². The van der Waals surface area contributed by atoms with Crippen molar-refractivity contribution in [3.63, 3.8) is 0 Å². The van der Waals surface area contributed by atoms with Crippen molar-refractivity contribution in [2.45, 2.75) is 5.41 Å². The molecular weight excluding hydrogens is 338 g/mol. The molecule has 0 radical (unpaired) electrons. The number of rotatable bonds is 4. The van der Waals surface area contributed by atoms with Crippen molar-refractivity contribution in [1.82, 2.24) is 0 Å². The zero-order valence-electron chi connectivity index (χ0n) is 13.3. The van der Waals surface area contributed by atoms with Gasteiger partial charge in [-0.15, -0.1) is 0 Å². The summed E-state index contributed by atoms with van der Waals surface area (Å²) < 4.78 is 34.8. The second-order valence-corrected chi connectivity index (χ2v) is 7.87. The van der Waals surface area contributed by atoms with Crippen LogP contribution in [-0.2, 0) is 15.4 Å². The van der Waals surface area contributed by atoms with E-state index in [1.54, 1.807) is 18.8 Å². The lowest BCUT2D eigenvalue weighted by Crippen LogP contribution is -2.40. The molecule has 0 aliphatic heterocycles. The molecule has 1 aliphatic rings. The molecule has 0 saturated carbocycles. The van der Waals surface area contributed by atoms with Crippen LogP contribution >= 0.6 is 0 Å². The van der Waals surface area contributed by atoms with Gasteiger partial charge < -0.3 is 8.83 Å². The Morgan fingerprint density at radius 3 is 2.72 bits per heavy atom. The lowest BCUT2D eigenvalue weighted by Gasteiger charge is -2.37. The molecule has 0 amide bonds. The highest BCUT2D eigenvalue weighted by molar-refractivity contribution is 7.89. The van der Waals surface area contributed by atoms with Gasteiger partial charge in [-0.3, -0.25) is 0 Å². The zero-order valence-corrected chi connectivity index (χ0v) is 14.1. The number of para-hydroxylation sites is 1. The van der Waals surface area contributed by atoms with Crippen LogP contribution in [0.3, 0.4) is 0 Å². The predicted octanol–water partition coefficient (Wildman–Crippen LogP) is 3.34. The molecule has 0 spiro atoms. The van der Waals surface area contributed by atoms with Crippen LogP contribution in [0.15, 0.2) is 82.3 Å². The molecule has 0 saturated heterocycles. The predicted molar refractivity (Wildman–Crippen MR) is 95.4 cm³/mol. The Balaban J connectivity index is 2.00. The maximum atomic E-state index is 11.9. The molecule has 4 rings (SSSR count). The molecule has 3 aromatic rings. The molecule has 1 unspecified atom stereocenters. The maximum absolute atomic E-state index is 11.9. The molecule has 2 heterocycles. The number of allylic oxidation sites excluding steroid dienone is 4. The third-order valence-corrected chi connectivity index (χ3v) is 5.56. The van der Waals surface area contributed by atoms with Gasteiger partial charge in [-0.2, -0.15) is 0 Å². The number of furan rings is 2. The van der Waals surface area contributed by atoms with Crippen LogP contribution in [0.2, 0.25) is 0 Å². The molecule has 1 aliphatic carbocycles. The Morgan fingerprint density at radius 2 is 1.96 bits per heavy atom. The number of sulfonamides is 1. The van der Waals surface area contributed by atoms with E-state index in [-0.39, 0.29) is 11.7 Å². The van der Waals surface area contributed by atoms with Gasteiger partial charge in [-0.05, 0) is 12.1 Å². The molecule has 0 bridgehead atoms. The highest BCUT2D eigenvalue weighted by Gasteiger charge is 2.44. The van der Waals surface area contributed by atoms with Crippen molar-refractivity contribution in [3.05, 3.63) is 84.6 Å². The summed E-state index contributed by atoms with van der Waals surface area (Å²) in [6.07, 6.45) is 12.5. The minimum atomic E-state index is -3.68. The fourth-order valence-electron chi connectivity index (χ4n) is 3.67. The molecular formula is C19H17NO4S. The van der Waals surface area contributed by atoms with Crippen molar-refractivity contribution in [2.75, 3.05) is 5.75 Å². The van der Waals surface area contributed by atoms with E-state index in [0.29, 0.717) is 0 Å². The second-order valence-electron chi connectivity index (χ2n) is 6.21. The topological polar surface area (TPSA) is 86.4 Å². The summed E-state index contributed by atoms with van der Waals surface area (Å²) in [7, 11) is -3.68. The van der Waals surface area contributed by atoms with E-state index in [4.69, 9.17) is 14.0 Å². The Morgan fingerprint density at radius 1 is 1.12 bits per heavy atom. The molecule has 2 aromatic heterocycles. The van der Waals surface area contributed by atoms with Crippen LogP contribution in [0, 0.1) is 5.92 Å². The average molecular weight is 355 g/mol. The zero-order chi connectivity index (χ0) is 17.5. The van der Waals surface area contributed by atoms with Crippen molar-refractivity contribution >= 4 is 21.0 Å². The summed E-state index contributed by atoms with van der Waals surface area (Å²) in [6, 6.07) is 9.54. The highest BCUT2D eigenvalue weighted by Crippen LogP contribution is 2.47. The first kappa shape index (κ1) is 15.9. The Bertz CT molecular complexity index is 1060. The number of fused-ring (bicyclic) bond motifs is 1. The van der Waals surface area contributed by atoms with E-state index >= 15 is 0 Å². The van der Waals surface area contributed by atoms with Crippen LogP contribution in [0.4, 0.5) is 0 Å². The SMILES string of the molecule is NS(=O)(=O)C[C@@H]1C=CC=CC1(c1ccoc1)c1coc2ccccc12. The van der Waals surface area contributed by atoms with Gasteiger partial charge in [0.1, 0.15) is 5.58 Å². The second kappa shape index (κ2) is 5.75. The number of nitrogens with two attached hydrogens (primary N) is 1. The quantitative estimate of drug-likeness (QED) is 0.777. The van der Waals surface area contributed by atoms with Crippen LogP contribution in [0.1, 0.15) is 11.1 Å². The van der Waals surface area contributed by atoms with Gasteiger partial charge in [0, 0.05) is 22.4 Å². The Hall–Kier alpha value is -2.57. The van der Waals surface area contributed by atoms with Crippen molar-refractivity contribution < 1.29 is 17.3 Å². The van der Waals surface area contributed by atoms with Crippen LogP contribution in [-0.4, -0.2) is 14.2 Å². The number of primary sulfonamides is 1. The summed E-state index contributed by atoms with van der Waals surface area (Å²) in [6.45, 7) is 0. The molecule has 5 nitrogen and oxygen atoms in total. The summed E-state index contributed by atoms with van der Waals surface area (Å²) in [5, 5.41) is 6.31. The van der Waals surface area contributed by atoms with E-state index < -0.39 is 15.4 Å². The maximum Gasteiger partial charge on any atom is 0.209 e. The fraction of sp³-hybridized carbons (Fsp3) is 0.158. The van der Waals surface area contributed by atoms with Gasteiger partial charge in [0.25, 0.3) is 0 Å². The molecule has 2 N–H and O–H groups in total. The molecule has 6 heteroatoms. The summed E-state index contributed by atoms with van der Waals surface area (Å²) in [5.41, 5.74) is 1.76. The molecule has 1 aromatic carbocycles. The van der Waals surface area contributed by atoms with E-state index in [2.05, 4.69) is 0 Å². The molecule has 128 valence electrons. The molecule has 0 fully saturated rings. The third kappa shape index (κ3) is 2.63. The summed E-state index contributed by atoms with van der Waals surface area (Å²) in [4.78, 5) is 0. The fourth-order valence-corrected chi connectivity index (χ4v) is 4.55. The highest BCUT2D eigenvalue weighted by atomic mass is 32.2. The average Bonchev–Trinajstić information content (AvgIpc) is 3.24. The van der Waals surface area contributed by atoms with Crippen LogP contribution in [0.25, 0.3) is 11.0 Å². The van der Waals surface area contributed by atoms with Gasteiger partial charge in [0.15, 0.2) is 0 Å². The van der Waals surface area contributed by atoms with E-state index in [1.807, 2.05) is 54.6 Å². The van der Waals surface area contributed by atoms with Crippen LogP contribution in [0.5, 0.6) is 0 Å². The van der Waals surface area contributed by atoms with Gasteiger partial charge in [-0.1, -0.05) is 42.5 Å². The number of benzene rings is 1. The summed E-state index contributed by atoms with van der Waals surface area (Å²) in [5.74, 6) is -0.565. The van der Waals surface area contributed by atoms with Crippen LogP contribution < -0.4 is 5.14 Å². The first-order valence-electron chi connectivity index (χ1n) is 7.86. The third-order valence-electron chi connectivity index (χ3n) is 4.74. The van der Waals surface area contributed by atoms with E-state index in [0.717, 1.165) is 22.1 Å².